The minimum Gasteiger partial charge on any atom is -0.342 e. The summed E-state index contributed by atoms with van der Waals surface area (Å²) in [6.45, 7) is 20.7. The molecule has 1 fully saturated rings. The lowest BCUT2D eigenvalue weighted by Gasteiger charge is -2.34. The van der Waals surface area contributed by atoms with Gasteiger partial charge in [0.1, 0.15) is 0 Å². The van der Waals surface area contributed by atoms with Crippen molar-refractivity contribution in [2.45, 2.75) is 214 Å². The van der Waals surface area contributed by atoms with Gasteiger partial charge in [-0.05, 0) is 58.4 Å². The molecule has 0 aromatic heterocycles. The van der Waals surface area contributed by atoms with Gasteiger partial charge < -0.3 is 14.7 Å². The largest absolute Gasteiger partial charge is 0.342 e. The summed E-state index contributed by atoms with van der Waals surface area (Å²) in [6.07, 6.45) is 39.3. The molecule has 0 aromatic carbocycles. The Morgan fingerprint density at radius 3 is 1.02 bits per heavy atom. The molecule has 0 unspecified atom stereocenters. The molecule has 0 radical (unpaired) electrons. The molecule has 1 saturated heterocycles. The Bertz CT molecular complexity index is 676. The normalized spacial score (nSPS) is 13.2. The van der Waals surface area contributed by atoms with Crippen molar-refractivity contribution in [1.82, 2.24) is 19.6 Å². The van der Waals surface area contributed by atoms with Gasteiger partial charge in [0.05, 0.1) is 6.54 Å². The predicted molar refractivity (Wildman–Crippen MR) is 225 cm³/mol. The first kappa shape index (κ1) is 49.9. The van der Waals surface area contributed by atoms with Crippen LogP contribution in [0.25, 0.3) is 0 Å². The van der Waals surface area contributed by atoms with E-state index in [9.17, 15) is 9.59 Å². The van der Waals surface area contributed by atoms with Crippen LogP contribution in [0.15, 0.2) is 0 Å². The van der Waals surface area contributed by atoms with Crippen LogP contribution >= 0.6 is 0 Å². The molecule has 2 amide bonds. The third kappa shape index (κ3) is 33.2. The molecular formula is C45H92N4O2. The number of hydrogen-bond donors (Lipinski definition) is 0. The topological polar surface area (TPSA) is 47.1 Å². The third-order valence-electron chi connectivity index (χ3n) is 10.9. The molecule has 1 aliphatic heterocycles. The number of hydrogen-bond acceptors (Lipinski definition) is 4. The maximum atomic E-state index is 12.8. The summed E-state index contributed by atoms with van der Waals surface area (Å²) >= 11 is 0. The highest BCUT2D eigenvalue weighted by molar-refractivity contribution is 5.78. The Labute approximate surface area is 320 Å². The predicted octanol–water partition coefficient (Wildman–Crippen LogP) is 11.9. The molecule has 0 N–H and O–H groups in total. The fourth-order valence-electron chi connectivity index (χ4n) is 7.24. The lowest BCUT2D eigenvalue weighted by atomic mass is 10.1. The maximum absolute atomic E-state index is 12.8. The van der Waals surface area contributed by atoms with E-state index in [-0.39, 0.29) is 5.91 Å². The molecule has 0 saturated carbocycles. The second kappa shape index (κ2) is 40.1. The van der Waals surface area contributed by atoms with E-state index in [1.165, 1.54) is 199 Å². The van der Waals surface area contributed by atoms with Crippen molar-refractivity contribution in [2.75, 3.05) is 65.4 Å². The van der Waals surface area contributed by atoms with Crippen LogP contribution in [0.5, 0.6) is 0 Å². The quantitative estimate of drug-likeness (QED) is 0.0477. The van der Waals surface area contributed by atoms with E-state index in [1.54, 1.807) is 4.90 Å². The average molecular weight is 721 g/mol. The van der Waals surface area contributed by atoms with Gasteiger partial charge in [-0.3, -0.25) is 14.5 Å². The summed E-state index contributed by atoms with van der Waals surface area (Å²) in [5.41, 5.74) is 0. The monoisotopic (exact) mass is 721 g/mol. The van der Waals surface area contributed by atoms with E-state index in [1.807, 2.05) is 4.90 Å². The maximum Gasteiger partial charge on any atom is 0.236 e. The molecule has 6 nitrogen and oxygen atoms in total. The van der Waals surface area contributed by atoms with Crippen molar-refractivity contribution in [3.8, 4) is 0 Å². The first-order valence-corrected chi connectivity index (χ1v) is 23.0. The fraction of sp³-hybridized carbons (Fsp3) is 0.956. The van der Waals surface area contributed by atoms with Crippen molar-refractivity contribution in [1.29, 1.82) is 0 Å². The Balaban J connectivity index is 0.00000105. The number of nitrogens with zero attached hydrogens (tertiary/aromatic N) is 4. The standard InChI is InChI=1S/C25H49N3O2.C20H43N/c1-3-5-7-9-11-13-15-17-26(18-16-14-12-10-8-6-4-2)23-25(30)28-21-19-27(24-29)20-22-28;1-4-7-9-11-13-15-17-19-21(6-3)20-18-16-14-12-10-8-5-2/h24H,3-23H2,1-2H3;4-20H2,1-3H3. The van der Waals surface area contributed by atoms with Gasteiger partial charge in [-0.2, -0.15) is 0 Å². The third-order valence-corrected chi connectivity index (χ3v) is 10.9. The number of piperazine rings is 1. The summed E-state index contributed by atoms with van der Waals surface area (Å²) in [7, 11) is 0. The lowest BCUT2D eigenvalue weighted by molar-refractivity contribution is -0.136. The Morgan fingerprint density at radius 1 is 0.431 bits per heavy atom. The zero-order valence-corrected chi connectivity index (χ0v) is 35.6. The molecule has 0 bridgehead atoms. The van der Waals surface area contributed by atoms with Gasteiger partial charge in [0.25, 0.3) is 0 Å². The van der Waals surface area contributed by atoms with Crippen LogP contribution in [0.4, 0.5) is 0 Å². The summed E-state index contributed by atoms with van der Waals surface area (Å²) in [5.74, 6) is 0.242. The van der Waals surface area contributed by atoms with Gasteiger partial charge in [0, 0.05) is 26.2 Å². The van der Waals surface area contributed by atoms with E-state index >= 15 is 0 Å². The van der Waals surface area contributed by atoms with E-state index in [0.717, 1.165) is 19.5 Å². The van der Waals surface area contributed by atoms with Crippen molar-refractivity contribution >= 4 is 12.3 Å². The molecule has 0 atom stereocenters. The van der Waals surface area contributed by atoms with Crippen LogP contribution in [0.3, 0.4) is 0 Å². The highest BCUT2D eigenvalue weighted by Gasteiger charge is 2.21. The fourth-order valence-corrected chi connectivity index (χ4v) is 7.24. The lowest BCUT2D eigenvalue weighted by Crippen LogP contribution is -2.50. The summed E-state index contributed by atoms with van der Waals surface area (Å²) in [6, 6.07) is 0. The van der Waals surface area contributed by atoms with Crippen LogP contribution in [0.2, 0.25) is 0 Å². The first-order chi connectivity index (χ1) is 25.1. The molecule has 51 heavy (non-hydrogen) atoms. The van der Waals surface area contributed by atoms with E-state index < -0.39 is 0 Å². The van der Waals surface area contributed by atoms with Gasteiger partial charge in [-0.15, -0.1) is 0 Å². The van der Waals surface area contributed by atoms with E-state index in [4.69, 9.17) is 0 Å². The van der Waals surface area contributed by atoms with Crippen molar-refractivity contribution in [3.63, 3.8) is 0 Å². The van der Waals surface area contributed by atoms with Gasteiger partial charge in [0.15, 0.2) is 0 Å². The van der Waals surface area contributed by atoms with E-state index in [0.29, 0.717) is 32.7 Å². The first-order valence-electron chi connectivity index (χ1n) is 23.0. The van der Waals surface area contributed by atoms with Crippen LogP contribution in [-0.2, 0) is 9.59 Å². The Morgan fingerprint density at radius 2 is 0.725 bits per heavy atom. The minimum absolute atomic E-state index is 0.242. The zero-order chi connectivity index (χ0) is 37.5. The Kier molecular flexibility index (Phi) is 39.2. The smallest absolute Gasteiger partial charge is 0.236 e. The van der Waals surface area contributed by atoms with Gasteiger partial charge >= 0.3 is 0 Å². The summed E-state index contributed by atoms with van der Waals surface area (Å²) < 4.78 is 0. The molecule has 0 aliphatic carbocycles. The average Bonchev–Trinajstić information content (AvgIpc) is 3.15. The Hall–Kier alpha value is -1.14. The highest BCUT2D eigenvalue weighted by atomic mass is 16.2. The van der Waals surface area contributed by atoms with Gasteiger partial charge in [-0.25, -0.2) is 0 Å². The van der Waals surface area contributed by atoms with Crippen LogP contribution in [0, 0.1) is 0 Å². The number of amides is 2. The molecule has 1 rings (SSSR count). The van der Waals surface area contributed by atoms with Crippen LogP contribution < -0.4 is 0 Å². The molecule has 304 valence electrons. The molecule has 0 aromatic rings. The van der Waals surface area contributed by atoms with Crippen LogP contribution in [-0.4, -0.2) is 97.4 Å². The van der Waals surface area contributed by atoms with Crippen molar-refractivity contribution < 1.29 is 9.59 Å². The number of carbonyl (C=O) groups excluding carboxylic acids is 2. The SMILES string of the molecule is CCCCCCCCCN(CC)CCCCCCCCC.CCCCCCCCCN(CCCCCCCCC)CC(=O)N1CCN(C=O)CC1. The zero-order valence-electron chi connectivity index (χ0n) is 35.6. The number of rotatable bonds is 36. The van der Waals surface area contributed by atoms with Gasteiger partial charge in [0.2, 0.25) is 12.3 Å². The van der Waals surface area contributed by atoms with E-state index in [2.05, 4.69) is 44.4 Å². The van der Waals surface area contributed by atoms with Crippen molar-refractivity contribution in [2.24, 2.45) is 0 Å². The van der Waals surface area contributed by atoms with Gasteiger partial charge in [-0.1, -0.05) is 189 Å². The van der Waals surface area contributed by atoms with Crippen molar-refractivity contribution in [3.05, 3.63) is 0 Å². The molecule has 1 heterocycles. The number of unbranched alkanes of at least 4 members (excludes halogenated alkanes) is 24. The molecule has 6 heteroatoms. The second-order valence-corrected chi connectivity index (χ2v) is 15.7. The minimum atomic E-state index is 0.242. The molecular weight excluding hydrogens is 629 g/mol. The molecule has 0 spiro atoms. The highest BCUT2D eigenvalue weighted by Crippen LogP contribution is 2.12. The summed E-state index contributed by atoms with van der Waals surface area (Å²) in [4.78, 5) is 32.5. The summed E-state index contributed by atoms with van der Waals surface area (Å²) in [5, 5.41) is 0. The van der Waals surface area contributed by atoms with Crippen LogP contribution in [0.1, 0.15) is 214 Å². The second-order valence-electron chi connectivity index (χ2n) is 15.7. The number of carbonyl (C=O) groups is 2. The molecule has 1 aliphatic rings.